The van der Waals surface area contributed by atoms with Crippen LogP contribution in [0, 0.1) is 5.92 Å². The van der Waals surface area contributed by atoms with Gasteiger partial charge < -0.3 is 4.74 Å². The molecular formula is C11H13NOS. The molecule has 0 spiro atoms. The summed E-state index contributed by atoms with van der Waals surface area (Å²) in [5.41, 5.74) is 1.02. The summed E-state index contributed by atoms with van der Waals surface area (Å²) >= 11 is 1.61. The van der Waals surface area contributed by atoms with Gasteiger partial charge in [-0.3, -0.25) is 0 Å². The van der Waals surface area contributed by atoms with Crippen LogP contribution in [-0.4, -0.2) is 11.6 Å². The molecule has 0 unspecified atom stereocenters. The molecule has 1 aromatic carbocycles. The van der Waals surface area contributed by atoms with Gasteiger partial charge in [0, 0.05) is 0 Å². The van der Waals surface area contributed by atoms with Gasteiger partial charge in [-0.05, 0) is 18.1 Å². The number of nitrogens with zero attached hydrogens (tertiary/aromatic N) is 1. The molecule has 0 aliphatic heterocycles. The van der Waals surface area contributed by atoms with Crippen LogP contribution < -0.4 is 4.74 Å². The molecule has 0 amide bonds. The third-order valence-corrected chi connectivity index (χ3v) is 2.76. The predicted molar refractivity (Wildman–Crippen MR) is 60.0 cm³/mol. The molecule has 0 saturated carbocycles. The number of thiazole rings is 1. The molecule has 0 atom stereocenters. The van der Waals surface area contributed by atoms with E-state index in [4.69, 9.17) is 4.74 Å². The van der Waals surface area contributed by atoms with Crippen LogP contribution in [0.2, 0.25) is 0 Å². The fourth-order valence-electron chi connectivity index (χ4n) is 1.15. The molecular weight excluding hydrogens is 194 g/mol. The first-order chi connectivity index (χ1) is 6.75. The maximum absolute atomic E-state index is 5.56. The van der Waals surface area contributed by atoms with Crippen molar-refractivity contribution in [3.8, 4) is 5.19 Å². The highest BCUT2D eigenvalue weighted by Crippen LogP contribution is 2.27. The van der Waals surface area contributed by atoms with Gasteiger partial charge in [0.1, 0.15) is 0 Å². The first-order valence-electron chi connectivity index (χ1n) is 4.74. The molecule has 0 saturated heterocycles. The molecule has 0 radical (unpaired) electrons. The van der Waals surface area contributed by atoms with E-state index in [1.165, 1.54) is 4.70 Å². The van der Waals surface area contributed by atoms with Crippen LogP contribution in [0.5, 0.6) is 5.19 Å². The van der Waals surface area contributed by atoms with Crippen molar-refractivity contribution in [2.45, 2.75) is 13.8 Å². The maximum Gasteiger partial charge on any atom is 0.274 e. The van der Waals surface area contributed by atoms with Gasteiger partial charge in [-0.2, -0.15) is 0 Å². The summed E-state index contributed by atoms with van der Waals surface area (Å²) in [6, 6.07) is 8.09. The number of hydrogen-bond acceptors (Lipinski definition) is 3. The number of benzene rings is 1. The van der Waals surface area contributed by atoms with Gasteiger partial charge in [-0.25, -0.2) is 4.98 Å². The molecule has 1 aromatic heterocycles. The SMILES string of the molecule is CC(C)COc1nc2ccccc2s1. The van der Waals surface area contributed by atoms with Gasteiger partial charge in [-0.1, -0.05) is 37.3 Å². The second-order valence-corrected chi connectivity index (χ2v) is 4.65. The van der Waals surface area contributed by atoms with E-state index < -0.39 is 0 Å². The Morgan fingerprint density at radius 2 is 2.14 bits per heavy atom. The number of fused-ring (bicyclic) bond motifs is 1. The molecule has 2 aromatic rings. The van der Waals surface area contributed by atoms with Crippen LogP contribution in [0.25, 0.3) is 10.2 Å². The number of rotatable bonds is 3. The monoisotopic (exact) mass is 207 g/mol. The Hall–Kier alpha value is -1.09. The Balaban J connectivity index is 2.19. The quantitative estimate of drug-likeness (QED) is 0.770. The summed E-state index contributed by atoms with van der Waals surface area (Å²) in [4.78, 5) is 4.38. The van der Waals surface area contributed by atoms with E-state index in [1.807, 2.05) is 18.2 Å². The molecule has 2 nitrogen and oxygen atoms in total. The molecule has 3 heteroatoms. The zero-order valence-corrected chi connectivity index (χ0v) is 9.17. The average molecular weight is 207 g/mol. The van der Waals surface area contributed by atoms with Crippen molar-refractivity contribution in [3.05, 3.63) is 24.3 Å². The highest BCUT2D eigenvalue weighted by atomic mass is 32.1. The highest BCUT2D eigenvalue weighted by molar-refractivity contribution is 7.20. The lowest BCUT2D eigenvalue weighted by Crippen LogP contribution is -2.03. The van der Waals surface area contributed by atoms with Crippen molar-refractivity contribution in [1.29, 1.82) is 0 Å². The van der Waals surface area contributed by atoms with Gasteiger partial charge in [0.15, 0.2) is 0 Å². The minimum Gasteiger partial charge on any atom is -0.470 e. The predicted octanol–water partition coefficient (Wildman–Crippen LogP) is 3.33. The largest absolute Gasteiger partial charge is 0.470 e. The third kappa shape index (κ3) is 2.04. The Kier molecular flexibility index (Phi) is 2.68. The topological polar surface area (TPSA) is 22.1 Å². The minimum atomic E-state index is 0.544. The molecule has 0 bridgehead atoms. The van der Waals surface area contributed by atoms with E-state index >= 15 is 0 Å². The second-order valence-electron chi connectivity index (χ2n) is 3.65. The maximum atomic E-state index is 5.56. The number of hydrogen-bond donors (Lipinski definition) is 0. The Morgan fingerprint density at radius 1 is 1.36 bits per heavy atom. The molecule has 1 heterocycles. The smallest absolute Gasteiger partial charge is 0.274 e. The zero-order valence-electron chi connectivity index (χ0n) is 8.36. The van der Waals surface area contributed by atoms with E-state index in [-0.39, 0.29) is 0 Å². The molecule has 0 aliphatic carbocycles. The molecule has 0 N–H and O–H groups in total. The molecule has 2 rings (SSSR count). The molecule has 0 aliphatic rings. The number of ether oxygens (including phenoxy) is 1. The Morgan fingerprint density at radius 3 is 2.86 bits per heavy atom. The first kappa shape index (κ1) is 9.46. The lowest BCUT2D eigenvalue weighted by atomic mass is 10.2. The van der Waals surface area contributed by atoms with E-state index in [1.54, 1.807) is 11.3 Å². The molecule has 14 heavy (non-hydrogen) atoms. The summed E-state index contributed by atoms with van der Waals surface area (Å²) in [5, 5.41) is 0.778. The van der Waals surface area contributed by atoms with Crippen molar-refractivity contribution in [3.63, 3.8) is 0 Å². The number of aromatic nitrogens is 1. The zero-order chi connectivity index (χ0) is 9.97. The molecule has 74 valence electrons. The lowest BCUT2D eigenvalue weighted by Gasteiger charge is -2.03. The van der Waals surface area contributed by atoms with Gasteiger partial charge in [0.2, 0.25) is 0 Å². The van der Waals surface area contributed by atoms with Gasteiger partial charge >= 0.3 is 0 Å². The lowest BCUT2D eigenvalue weighted by molar-refractivity contribution is 0.270. The van der Waals surface area contributed by atoms with Crippen LogP contribution in [0.4, 0.5) is 0 Å². The van der Waals surface area contributed by atoms with Gasteiger partial charge in [-0.15, -0.1) is 0 Å². The Bertz CT molecular complexity index is 389. The van der Waals surface area contributed by atoms with E-state index in [0.29, 0.717) is 5.92 Å². The fraction of sp³-hybridized carbons (Fsp3) is 0.364. The van der Waals surface area contributed by atoms with Crippen molar-refractivity contribution in [2.24, 2.45) is 5.92 Å². The van der Waals surface area contributed by atoms with Gasteiger partial charge in [0.25, 0.3) is 5.19 Å². The van der Waals surface area contributed by atoms with Crippen LogP contribution in [0.15, 0.2) is 24.3 Å². The van der Waals surface area contributed by atoms with Crippen LogP contribution in [0.3, 0.4) is 0 Å². The minimum absolute atomic E-state index is 0.544. The normalized spacial score (nSPS) is 11.1. The van der Waals surface area contributed by atoms with E-state index in [0.717, 1.165) is 17.3 Å². The van der Waals surface area contributed by atoms with Crippen molar-refractivity contribution >= 4 is 21.6 Å². The van der Waals surface area contributed by atoms with Crippen LogP contribution in [-0.2, 0) is 0 Å². The van der Waals surface area contributed by atoms with Gasteiger partial charge in [0.05, 0.1) is 16.8 Å². The van der Waals surface area contributed by atoms with Crippen LogP contribution >= 0.6 is 11.3 Å². The number of para-hydroxylation sites is 1. The third-order valence-electron chi connectivity index (χ3n) is 1.81. The Labute approximate surface area is 87.5 Å². The fourth-order valence-corrected chi connectivity index (χ4v) is 1.97. The first-order valence-corrected chi connectivity index (χ1v) is 5.56. The van der Waals surface area contributed by atoms with Crippen molar-refractivity contribution in [2.75, 3.05) is 6.61 Å². The summed E-state index contributed by atoms with van der Waals surface area (Å²) in [5.74, 6) is 0.544. The summed E-state index contributed by atoms with van der Waals surface area (Å²) < 4.78 is 6.75. The van der Waals surface area contributed by atoms with Crippen molar-refractivity contribution < 1.29 is 4.74 Å². The summed E-state index contributed by atoms with van der Waals surface area (Å²) in [7, 11) is 0. The molecule has 0 fully saturated rings. The standard InChI is InChI=1S/C11H13NOS/c1-8(2)7-13-11-12-9-5-3-4-6-10(9)14-11/h3-6,8H,7H2,1-2H3. The van der Waals surface area contributed by atoms with Crippen LogP contribution in [0.1, 0.15) is 13.8 Å². The van der Waals surface area contributed by atoms with E-state index in [9.17, 15) is 0 Å². The highest BCUT2D eigenvalue weighted by Gasteiger charge is 2.04. The van der Waals surface area contributed by atoms with Crippen molar-refractivity contribution in [1.82, 2.24) is 4.98 Å². The van der Waals surface area contributed by atoms with E-state index in [2.05, 4.69) is 24.9 Å². The summed E-state index contributed by atoms with van der Waals surface area (Å²) in [6.45, 7) is 5.00. The average Bonchev–Trinajstić information content (AvgIpc) is 2.57. The second kappa shape index (κ2) is 3.96. The summed E-state index contributed by atoms with van der Waals surface area (Å²) in [6.07, 6.45) is 0.